The van der Waals surface area contributed by atoms with Crippen LogP contribution < -0.4 is 16.0 Å². The fourth-order valence-corrected chi connectivity index (χ4v) is 4.08. The largest absolute Gasteiger partial charge is 0.381 e. The molecule has 3 aromatic carbocycles. The Kier molecular flexibility index (Phi) is 6.70. The van der Waals surface area contributed by atoms with Crippen LogP contribution in [0.3, 0.4) is 0 Å². The van der Waals surface area contributed by atoms with Crippen molar-refractivity contribution in [2.45, 2.75) is 25.3 Å². The highest BCUT2D eigenvalue weighted by molar-refractivity contribution is 6.06. The quantitative estimate of drug-likeness (QED) is 0.502. The second-order valence-corrected chi connectivity index (χ2v) is 8.08. The van der Waals surface area contributed by atoms with E-state index < -0.39 is 11.6 Å². The van der Waals surface area contributed by atoms with E-state index in [0.717, 1.165) is 5.56 Å². The second kappa shape index (κ2) is 9.83. The van der Waals surface area contributed by atoms with Crippen molar-refractivity contribution in [3.63, 3.8) is 0 Å². The molecule has 0 saturated carbocycles. The van der Waals surface area contributed by atoms with Crippen LogP contribution in [0.1, 0.15) is 34.3 Å². The Bertz CT molecular complexity index is 1130. The van der Waals surface area contributed by atoms with E-state index in [2.05, 4.69) is 16.0 Å². The monoisotopic (exact) mass is 447 g/mol. The molecule has 1 aliphatic heterocycles. The van der Waals surface area contributed by atoms with Crippen molar-refractivity contribution in [3.8, 4) is 0 Å². The molecule has 0 unspecified atom stereocenters. The van der Waals surface area contributed by atoms with Gasteiger partial charge in [-0.3, -0.25) is 4.79 Å². The summed E-state index contributed by atoms with van der Waals surface area (Å²) in [5, 5.41) is 8.82. The molecule has 7 heteroatoms. The molecule has 1 aliphatic rings. The van der Waals surface area contributed by atoms with Crippen LogP contribution in [0.15, 0.2) is 72.8 Å². The van der Waals surface area contributed by atoms with E-state index in [1.54, 1.807) is 37.3 Å². The van der Waals surface area contributed by atoms with Gasteiger partial charge in [-0.15, -0.1) is 0 Å². The number of hydrogen-bond acceptors (Lipinski definition) is 3. The smallest absolute Gasteiger partial charge is 0.319 e. The third kappa shape index (κ3) is 5.21. The number of carbonyl (C=O) groups is 2. The number of benzene rings is 3. The minimum absolute atomic E-state index is 0.255. The first kappa shape index (κ1) is 22.5. The molecule has 0 aliphatic carbocycles. The average molecular weight is 448 g/mol. The Morgan fingerprint density at radius 2 is 1.58 bits per heavy atom. The minimum Gasteiger partial charge on any atom is -0.381 e. The van der Waals surface area contributed by atoms with Gasteiger partial charge in [0.1, 0.15) is 5.82 Å². The van der Waals surface area contributed by atoms with E-state index in [4.69, 9.17) is 4.74 Å². The fourth-order valence-electron chi connectivity index (χ4n) is 4.08. The van der Waals surface area contributed by atoms with Crippen molar-refractivity contribution in [1.82, 2.24) is 5.32 Å². The molecular weight excluding hydrogens is 421 g/mol. The minimum atomic E-state index is -0.660. The molecule has 0 radical (unpaired) electrons. The molecule has 170 valence electrons. The molecule has 0 spiro atoms. The van der Waals surface area contributed by atoms with Gasteiger partial charge in [-0.25, -0.2) is 9.18 Å². The summed E-state index contributed by atoms with van der Waals surface area (Å²) in [5.74, 6) is -0.582. The summed E-state index contributed by atoms with van der Waals surface area (Å²) < 4.78 is 18.9. The normalized spacial score (nSPS) is 14.8. The standard InChI is InChI=1S/C26H26FN3O3/c1-18-22(24(31)28-21-6-3-2-4-7-21)8-5-9-23(18)29-25(32)30-26(14-16-33-17-15-26)19-10-12-20(27)13-11-19/h2-13H,14-17H2,1H3,(H,28,31)(H2,29,30,32). The maximum absolute atomic E-state index is 13.5. The zero-order valence-electron chi connectivity index (χ0n) is 18.4. The highest BCUT2D eigenvalue weighted by Gasteiger charge is 2.36. The van der Waals surface area contributed by atoms with Crippen LogP contribution in [-0.2, 0) is 10.3 Å². The summed E-state index contributed by atoms with van der Waals surface area (Å²) in [5.41, 5.74) is 2.52. The number of halogens is 1. The Balaban J connectivity index is 1.51. The molecule has 3 aromatic rings. The number of para-hydroxylation sites is 1. The molecule has 3 amide bonds. The Morgan fingerprint density at radius 3 is 2.27 bits per heavy atom. The highest BCUT2D eigenvalue weighted by Crippen LogP contribution is 2.32. The lowest BCUT2D eigenvalue weighted by Crippen LogP contribution is -2.51. The number of amides is 3. The zero-order valence-corrected chi connectivity index (χ0v) is 18.4. The van der Waals surface area contributed by atoms with Gasteiger partial charge in [0.05, 0.1) is 5.54 Å². The van der Waals surface area contributed by atoms with Crippen molar-refractivity contribution in [2.75, 3.05) is 23.8 Å². The van der Waals surface area contributed by atoms with Crippen LogP contribution in [0.5, 0.6) is 0 Å². The third-order valence-corrected chi connectivity index (χ3v) is 5.95. The van der Waals surface area contributed by atoms with Crippen molar-refractivity contribution >= 4 is 23.3 Å². The van der Waals surface area contributed by atoms with E-state index in [-0.39, 0.29) is 11.7 Å². The molecule has 33 heavy (non-hydrogen) atoms. The number of nitrogens with one attached hydrogen (secondary N) is 3. The Labute approximate surface area is 192 Å². The summed E-state index contributed by atoms with van der Waals surface area (Å²) in [6, 6.07) is 20.2. The van der Waals surface area contributed by atoms with Gasteiger partial charge >= 0.3 is 6.03 Å². The molecule has 1 fully saturated rings. The van der Waals surface area contributed by atoms with Crippen LogP contribution >= 0.6 is 0 Å². The van der Waals surface area contributed by atoms with Gasteiger partial charge in [0.25, 0.3) is 5.91 Å². The van der Waals surface area contributed by atoms with Gasteiger partial charge in [-0.2, -0.15) is 0 Å². The lowest BCUT2D eigenvalue weighted by molar-refractivity contribution is 0.0417. The van der Waals surface area contributed by atoms with Crippen molar-refractivity contribution in [1.29, 1.82) is 0 Å². The van der Waals surface area contributed by atoms with Gasteiger partial charge in [-0.05, 0) is 67.3 Å². The van der Waals surface area contributed by atoms with Crippen LogP contribution in [-0.4, -0.2) is 25.2 Å². The second-order valence-electron chi connectivity index (χ2n) is 8.08. The van der Waals surface area contributed by atoms with Gasteiger partial charge < -0.3 is 20.7 Å². The maximum Gasteiger partial charge on any atom is 0.319 e. The third-order valence-electron chi connectivity index (χ3n) is 5.95. The molecular formula is C26H26FN3O3. The molecule has 1 saturated heterocycles. The summed E-state index contributed by atoms with van der Waals surface area (Å²) in [7, 11) is 0. The SMILES string of the molecule is Cc1c(NC(=O)NC2(c3ccc(F)cc3)CCOCC2)cccc1C(=O)Nc1ccccc1. The van der Waals surface area contributed by atoms with E-state index in [1.165, 1.54) is 12.1 Å². The molecule has 4 rings (SSSR count). The molecule has 0 bridgehead atoms. The molecule has 3 N–H and O–H groups in total. The van der Waals surface area contributed by atoms with Crippen LogP contribution in [0, 0.1) is 12.7 Å². The first-order valence-corrected chi connectivity index (χ1v) is 10.9. The van der Waals surface area contributed by atoms with Crippen molar-refractivity contribution in [2.24, 2.45) is 0 Å². The fraction of sp³-hybridized carbons (Fsp3) is 0.231. The number of rotatable bonds is 5. The van der Waals surface area contributed by atoms with E-state index >= 15 is 0 Å². The van der Waals surface area contributed by atoms with E-state index in [1.807, 2.05) is 30.3 Å². The summed E-state index contributed by atoms with van der Waals surface area (Å²) in [4.78, 5) is 25.8. The number of carbonyl (C=O) groups excluding carboxylic acids is 2. The molecule has 0 atom stereocenters. The molecule has 6 nitrogen and oxygen atoms in total. The average Bonchev–Trinajstić information content (AvgIpc) is 2.82. The van der Waals surface area contributed by atoms with Gasteiger partial charge in [0.2, 0.25) is 0 Å². The summed E-state index contributed by atoms with van der Waals surface area (Å²) >= 11 is 0. The zero-order chi connectivity index (χ0) is 23.3. The highest BCUT2D eigenvalue weighted by atomic mass is 19.1. The Hall–Kier alpha value is -3.71. The predicted molar refractivity (Wildman–Crippen MR) is 126 cm³/mol. The van der Waals surface area contributed by atoms with Crippen LogP contribution in [0.25, 0.3) is 0 Å². The van der Waals surface area contributed by atoms with Crippen LogP contribution in [0.2, 0.25) is 0 Å². The van der Waals surface area contributed by atoms with Crippen LogP contribution in [0.4, 0.5) is 20.6 Å². The number of anilines is 2. The number of urea groups is 1. The first-order chi connectivity index (χ1) is 16.0. The van der Waals surface area contributed by atoms with Gasteiger partial charge in [0.15, 0.2) is 0 Å². The first-order valence-electron chi connectivity index (χ1n) is 10.9. The van der Waals surface area contributed by atoms with Crippen molar-refractivity contribution in [3.05, 3.63) is 95.3 Å². The predicted octanol–water partition coefficient (Wildman–Crippen LogP) is 5.21. The topological polar surface area (TPSA) is 79.5 Å². The molecule has 0 aromatic heterocycles. The molecule has 1 heterocycles. The summed E-state index contributed by atoms with van der Waals surface area (Å²) in [6.45, 7) is 2.78. The lowest BCUT2D eigenvalue weighted by Gasteiger charge is -2.38. The maximum atomic E-state index is 13.5. The van der Waals surface area contributed by atoms with E-state index in [0.29, 0.717) is 48.6 Å². The number of ether oxygens (including phenoxy) is 1. The summed E-state index contributed by atoms with van der Waals surface area (Å²) in [6.07, 6.45) is 1.15. The van der Waals surface area contributed by atoms with Crippen molar-refractivity contribution < 1.29 is 18.7 Å². The number of hydrogen-bond donors (Lipinski definition) is 3. The van der Waals surface area contributed by atoms with Gasteiger partial charge in [-0.1, -0.05) is 36.4 Å². The lowest BCUT2D eigenvalue weighted by atomic mass is 9.83. The Morgan fingerprint density at radius 1 is 0.879 bits per heavy atom. The van der Waals surface area contributed by atoms with Gasteiger partial charge in [0, 0.05) is 30.2 Å². The van der Waals surface area contributed by atoms with E-state index in [9.17, 15) is 14.0 Å².